The van der Waals surface area contributed by atoms with E-state index in [1.165, 1.54) is 28.2 Å². The molecule has 4 rings (SSSR count). The zero-order valence-electron chi connectivity index (χ0n) is 16.6. The molecule has 3 aromatic rings. The number of anilines is 1. The average Bonchev–Trinajstić information content (AvgIpc) is 3.46. The molecule has 0 bridgehead atoms. The first-order chi connectivity index (χ1) is 14.9. The fraction of sp³-hybridized carbons (Fsp3) is 0.316. The predicted molar refractivity (Wildman–Crippen MR) is 120 cm³/mol. The number of carbonyl (C=O) groups is 1. The van der Waals surface area contributed by atoms with Gasteiger partial charge < -0.3 is 10.1 Å². The van der Waals surface area contributed by atoms with E-state index in [0.29, 0.717) is 43.0 Å². The topological polar surface area (TPSA) is 117 Å². The molecule has 1 atom stereocenters. The summed E-state index contributed by atoms with van der Waals surface area (Å²) in [6.07, 6.45) is 0. The summed E-state index contributed by atoms with van der Waals surface area (Å²) in [5.41, 5.74) is 0.418. The van der Waals surface area contributed by atoms with Crippen LogP contribution >= 0.6 is 23.1 Å². The second-order valence-electron chi connectivity index (χ2n) is 6.74. The van der Waals surface area contributed by atoms with Gasteiger partial charge in [0.1, 0.15) is 0 Å². The van der Waals surface area contributed by atoms with E-state index in [1.54, 1.807) is 30.4 Å². The minimum atomic E-state index is -3.63. The second kappa shape index (κ2) is 9.49. The van der Waals surface area contributed by atoms with Crippen LogP contribution in [0.1, 0.15) is 6.92 Å². The fourth-order valence-electron chi connectivity index (χ4n) is 2.95. The highest BCUT2D eigenvalue weighted by atomic mass is 32.2. The molecule has 0 aliphatic carbocycles. The van der Waals surface area contributed by atoms with E-state index in [9.17, 15) is 13.2 Å². The maximum atomic E-state index is 12.8. The molecule has 1 aromatic carbocycles. The van der Waals surface area contributed by atoms with Crippen molar-refractivity contribution in [3.05, 3.63) is 41.8 Å². The van der Waals surface area contributed by atoms with Crippen molar-refractivity contribution < 1.29 is 17.9 Å². The molecule has 0 unspecified atom stereocenters. The normalized spacial score (nSPS) is 16.2. The van der Waals surface area contributed by atoms with Crippen molar-refractivity contribution in [3.8, 4) is 10.7 Å². The SMILES string of the molecule is C[C@@H](Sc1n[nH]c(-c2cccs2)n1)C(=O)Nc1cccc(S(=O)(=O)N2CCOCC2)c1. The molecular formula is C19H21N5O4S3. The van der Waals surface area contributed by atoms with Gasteiger partial charge in [-0.1, -0.05) is 23.9 Å². The first kappa shape index (κ1) is 22.0. The van der Waals surface area contributed by atoms with Gasteiger partial charge in [0.2, 0.25) is 21.1 Å². The average molecular weight is 480 g/mol. The molecule has 1 fully saturated rings. The molecule has 164 valence electrons. The molecule has 2 aromatic heterocycles. The Bertz CT molecular complexity index is 1140. The van der Waals surface area contributed by atoms with E-state index in [-0.39, 0.29) is 10.8 Å². The number of sulfonamides is 1. The van der Waals surface area contributed by atoms with E-state index in [4.69, 9.17) is 4.74 Å². The number of ether oxygens (including phenoxy) is 1. The maximum absolute atomic E-state index is 12.8. The van der Waals surface area contributed by atoms with Crippen LogP contribution in [0.4, 0.5) is 5.69 Å². The molecule has 2 N–H and O–H groups in total. The standard InChI is InChI=1S/C19H21N5O4S3/c1-13(30-19-21-17(22-23-19)16-6-3-11-29-16)18(25)20-14-4-2-5-15(12-14)31(26,27)24-7-9-28-10-8-24/h2-6,11-13H,7-10H2,1H3,(H,20,25)(H,21,22,23)/t13-/m1/s1. The Balaban J connectivity index is 1.41. The number of amides is 1. The number of aromatic amines is 1. The molecule has 31 heavy (non-hydrogen) atoms. The van der Waals surface area contributed by atoms with Crippen LogP contribution in [0, 0.1) is 0 Å². The lowest BCUT2D eigenvalue weighted by Gasteiger charge is -2.26. The van der Waals surface area contributed by atoms with Crippen molar-refractivity contribution >= 4 is 44.7 Å². The van der Waals surface area contributed by atoms with Crippen molar-refractivity contribution in [1.82, 2.24) is 19.5 Å². The van der Waals surface area contributed by atoms with Crippen LogP contribution in [0.5, 0.6) is 0 Å². The van der Waals surface area contributed by atoms with E-state index < -0.39 is 15.3 Å². The Kier molecular flexibility index (Phi) is 6.72. The number of nitrogens with one attached hydrogen (secondary N) is 2. The highest BCUT2D eigenvalue weighted by molar-refractivity contribution is 8.00. The van der Waals surface area contributed by atoms with Gasteiger partial charge in [0.15, 0.2) is 5.82 Å². The van der Waals surface area contributed by atoms with Gasteiger partial charge in [-0.05, 0) is 36.6 Å². The van der Waals surface area contributed by atoms with Crippen LogP contribution in [-0.4, -0.2) is 65.4 Å². The van der Waals surface area contributed by atoms with Gasteiger partial charge in [-0.25, -0.2) is 13.4 Å². The summed E-state index contributed by atoms with van der Waals surface area (Å²) in [6, 6.07) is 10.1. The third-order valence-electron chi connectivity index (χ3n) is 4.58. The Labute approximate surface area is 188 Å². The Hall–Kier alpha value is -2.25. The smallest absolute Gasteiger partial charge is 0.243 e. The molecule has 0 spiro atoms. The lowest BCUT2D eigenvalue weighted by Crippen LogP contribution is -2.40. The van der Waals surface area contributed by atoms with Crippen molar-refractivity contribution in [2.45, 2.75) is 22.2 Å². The summed E-state index contributed by atoms with van der Waals surface area (Å²) in [6.45, 7) is 3.13. The number of aromatic nitrogens is 3. The summed E-state index contributed by atoms with van der Waals surface area (Å²) < 4.78 is 32.3. The van der Waals surface area contributed by atoms with E-state index in [0.717, 1.165) is 4.88 Å². The van der Waals surface area contributed by atoms with Crippen LogP contribution in [0.2, 0.25) is 0 Å². The molecule has 1 saturated heterocycles. The monoisotopic (exact) mass is 479 g/mol. The molecule has 3 heterocycles. The minimum absolute atomic E-state index is 0.141. The number of hydrogen-bond donors (Lipinski definition) is 2. The lowest BCUT2D eigenvalue weighted by atomic mass is 10.3. The molecule has 9 nitrogen and oxygen atoms in total. The highest BCUT2D eigenvalue weighted by Crippen LogP contribution is 2.26. The van der Waals surface area contributed by atoms with E-state index >= 15 is 0 Å². The molecule has 12 heteroatoms. The summed E-state index contributed by atoms with van der Waals surface area (Å²) >= 11 is 2.77. The largest absolute Gasteiger partial charge is 0.379 e. The summed E-state index contributed by atoms with van der Waals surface area (Å²) in [5.74, 6) is 0.388. The molecule has 0 saturated carbocycles. The van der Waals surface area contributed by atoms with Gasteiger partial charge in [0, 0.05) is 18.8 Å². The maximum Gasteiger partial charge on any atom is 0.243 e. The number of H-pyrrole nitrogens is 1. The fourth-order valence-corrected chi connectivity index (χ4v) is 5.79. The number of rotatable bonds is 7. The van der Waals surface area contributed by atoms with Gasteiger partial charge in [0.05, 0.1) is 28.2 Å². The number of hydrogen-bond acceptors (Lipinski definition) is 8. The quantitative estimate of drug-likeness (QED) is 0.500. The number of benzene rings is 1. The van der Waals surface area contributed by atoms with Gasteiger partial charge in [-0.15, -0.1) is 16.4 Å². The minimum Gasteiger partial charge on any atom is -0.379 e. The van der Waals surface area contributed by atoms with Gasteiger partial charge in [0.25, 0.3) is 0 Å². The molecule has 1 amide bonds. The zero-order chi connectivity index (χ0) is 21.8. The van der Waals surface area contributed by atoms with Crippen LogP contribution in [0.3, 0.4) is 0 Å². The van der Waals surface area contributed by atoms with Gasteiger partial charge in [-0.3, -0.25) is 9.89 Å². The number of morpholine rings is 1. The van der Waals surface area contributed by atoms with Crippen molar-refractivity contribution in [2.75, 3.05) is 31.6 Å². The second-order valence-corrected chi connectivity index (χ2v) is 10.9. The molecular weight excluding hydrogens is 458 g/mol. The third-order valence-corrected chi connectivity index (χ3v) is 8.31. The van der Waals surface area contributed by atoms with E-state index in [2.05, 4.69) is 20.5 Å². The third kappa shape index (κ3) is 5.15. The van der Waals surface area contributed by atoms with Crippen LogP contribution in [0.25, 0.3) is 10.7 Å². The van der Waals surface area contributed by atoms with Crippen molar-refractivity contribution in [3.63, 3.8) is 0 Å². The number of thiophene rings is 1. The number of carbonyl (C=O) groups excluding carboxylic acids is 1. The molecule has 1 aliphatic heterocycles. The highest BCUT2D eigenvalue weighted by Gasteiger charge is 2.27. The number of thioether (sulfide) groups is 1. The zero-order valence-corrected chi connectivity index (χ0v) is 19.1. The Morgan fingerprint density at radius 1 is 1.29 bits per heavy atom. The summed E-state index contributed by atoms with van der Waals surface area (Å²) in [4.78, 5) is 18.2. The summed E-state index contributed by atoms with van der Waals surface area (Å²) in [7, 11) is -3.63. The lowest BCUT2D eigenvalue weighted by molar-refractivity contribution is -0.115. The Morgan fingerprint density at radius 2 is 2.10 bits per heavy atom. The summed E-state index contributed by atoms with van der Waals surface area (Å²) in [5, 5.41) is 11.8. The first-order valence-corrected chi connectivity index (χ1v) is 12.8. The molecule has 1 aliphatic rings. The van der Waals surface area contributed by atoms with Crippen LogP contribution in [0.15, 0.2) is 51.8 Å². The van der Waals surface area contributed by atoms with E-state index in [1.807, 2.05) is 17.5 Å². The van der Waals surface area contributed by atoms with Gasteiger partial charge in [-0.2, -0.15) is 4.31 Å². The van der Waals surface area contributed by atoms with Crippen LogP contribution < -0.4 is 5.32 Å². The van der Waals surface area contributed by atoms with Crippen LogP contribution in [-0.2, 0) is 19.6 Å². The first-order valence-electron chi connectivity index (χ1n) is 9.55. The predicted octanol–water partition coefficient (Wildman–Crippen LogP) is 2.67. The Morgan fingerprint density at radius 3 is 2.84 bits per heavy atom. The van der Waals surface area contributed by atoms with Gasteiger partial charge >= 0.3 is 0 Å². The van der Waals surface area contributed by atoms with Crippen molar-refractivity contribution in [1.29, 1.82) is 0 Å². The number of nitrogens with zero attached hydrogens (tertiary/aromatic N) is 3. The molecule has 0 radical (unpaired) electrons. The van der Waals surface area contributed by atoms with Crippen molar-refractivity contribution in [2.24, 2.45) is 0 Å².